The second-order valence-corrected chi connectivity index (χ2v) is 8.94. The average Bonchev–Trinajstić information content (AvgIpc) is 2.97. The molecule has 2 aliphatic rings. The van der Waals surface area contributed by atoms with Crippen molar-refractivity contribution >= 4 is 17.5 Å². The van der Waals surface area contributed by atoms with Crippen LogP contribution in [0.4, 0.5) is 16.2 Å². The molecule has 2 aromatic rings. The summed E-state index contributed by atoms with van der Waals surface area (Å²) in [5.74, 6) is 0. The molecule has 1 amide bonds. The second kappa shape index (κ2) is 8.17. The van der Waals surface area contributed by atoms with Crippen LogP contribution in [0.1, 0.15) is 56.8 Å². The molecule has 1 saturated carbocycles. The third-order valence-corrected chi connectivity index (χ3v) is 6.28. The van der Waals surface area contributed by atoms with Gasteiger partial charge in [-0.1, -0.05) is 30.3 Å². The van der Waals surface area contributed by atoms with Crippen LogP contribution in [0.5, 0.6) is 0 Å². The summed E-state index contributed by atoms with van der Waals surface area (Å²) in [6.07, 6.45) is 4.28. The topological polar surface area (TPSA) is 97.6 Å². The first-order valence-electron chi connectivity index (χ1n) is 10.7. The standard InChI is InChI=1S/C23H28N4O4/c1-15-13-19(20(14-24-15)27(29)30)25-17-9-11-18(12-10-17)26-21(16-7-5-4-6-8-16)23(2,3)31-22(26)28/h4-8,13-14,17-18,21H,9-12H2,1-3H3,(H,24,25)/t17-,18-,21-/m0/s1. The number of nitrogens with one attached hydrogen (secondary N) is 1. The molecule has 164 valence electrons. The van der Waals surface area contributed by atoms with Gasteiger partial charge in [0, 0.05) is 17.8 Å². The van der Waals surface area contributed by atoms with Gasteiger partial charge in [0.2, 0.25) is 0 Å². The molecule has 8 heteroatoms. The van der Waals surface area contributed by atoms with E-state index >= 15 is 0 Å². The van der Waals surface area contributed by atoms with Gasteiger partial charge in [-0.25, -0.2) is 4.79 Å². The molecule has 1 aliphatic carbocycles. The summed E-state index contributed by atoms with van der Waals surface area (Å²) < 4.78 is 5.75. The van der Waals surface area contributed by atoms with E-state index in [-0.39, 0.29) is 29.9 Å². The van der Waals surface area contributed by atoms with Crippen LogP contribution in [0.25, 0.3) is 0 Å². The van der Waals surface area contributed by atoms with E-state index in [1.807, 2.05) is 56.0 Å². The largest absolute Gasteiger partial charge is 0.441 e. The molecule has 2 fully saturated rings. The fourth-order valence-corrected chi connectivity index (χ4v) is 4.86. The van der Waals surface area contributed by atoms with Crippen LogP contribution < -0.4 is 5.32 Å². The van der Waals surface area contributed by atoms with E-state index in [0.29, 0.717) is 5.69 Å². The van der Waals surface area contributed by atoms with Crippen molar-refractivity contribution < 1.29 is 14.5 Å². The summed E-state index contributed by atoms with van der Waals surface area (Å²) in [4.78, 5) is 29.7. The number of rotatable bonds is 5. The lowest BCUT2D eigenvalue weighted by molar-refractivity contribution is -0.384. The monoisotopic (exact) mass is 424 g/mol. The van der Waals surface area contributed by atoms with Crippen molar-refractivity contribution in [2.24, 2.45) is 0 Å². The molecule has 4 rings (SSSR count). The predicted octanol–water partition coefficient (Wildman–Crippen LogP) is 4.99. The van der Waals surface area contributed by atoms with Crippen molar-refractivity contribution in [1.82, 2.24) is 9.88 Å². The number of nitrogens with zero attached hydrogens (tertiary/aromatic N) is 3. The van der Waals surface area contributed by atoms with Gasteiger partial charge >= 0.3 is 11.8 Å². The van der Waals surface area contributed by atoms with Gasteiger partial charge in [0.1, 0.15) is 17.5 Å². The summed E-state index contributed by atoms with van der Waals surface area (Å²) >= 11 is 0. The fraction of sp³-hybridized carbons (Fsp3) is 0.478. The van der Waals surface area contributed by atoms with Crippen molar-refractivity contribution in [2.75, 3.05) is 5.32 Å². The maximum atomic E-state index is 12.8. The van der Waals surface area contributed by atoms with E-state index in [9.17, 15) is 14.9 Å². The Kier molecular flexibility index (Phi) is 5.56. The van der Waals surface area contributed by atoms with Gasteiger partial charge in [-0.3, -0.25) is 20.0 Å². The summed E-state index contributed by atoms with van der Waals surface area (Å²) in [6.45, 7) is 5.73. The van der Waals surface area contributed by atoms with Gasteiger partial charge in [-0.05, 0) is 58.1 Å². The highest BCUT2D eigenvalue weighted by Gasteiger charge is 2.51. The summed E-state index contributed by atoms with van der Waals surface area (Å²) in [6, 6.07) is 11.8. The molecule has 31 heavy (non-hydrogen) atoms. The SMILES string of the molecule is Cc1cc(N[C@H]2CC[C@H](N3C(=O)OC(C)(C)[C@@H]3c3ccccc3)CC2)c([N+](=O)[O-])cn1. The minimum Gasteiger partial charge on any atom is -0.441 e. The number of aromatic nitrogens is 1. The highest BCUT2D eigenvalue weighted by Crippen LogP contribution is 2.44. The van der Waals surface area contributed by atoms with E-state index in [0.717, 1.165) is 36.9 Å². The normalized spacial score (nSPS) is 25.2. The molecule has 8 nitrogen and oxygen atoms in total. The number of anilines is 1. The van der Waals surface area contributed by atoms with Crippen molar-refractivity contribution in [3.63, 3.8) is 0 Å². The third-order valence-electron chi connectivity index (χ3n) is 6.28. The van der Waals surface area contributed by atoms with Gasteiger partial charge in [-0.2, -0.15) is 0 Å². The minimum atomic E-state index is -0.608. The molecular weight excluding hydrogens is 396 g/mol. The first kappa shape index (κ1) is 21.1. The van der Waals surface area contributed by atoms with E-state index < -0.39 is 10.5 Å². The maximum absolute atomic E-state index is 12.8. The molecule has 0 radical (unpaired) electrons. The molecule has 1 atom stereocenters. The van der Waals surface area contributed by atoms with Crippen molar-refractivity contribution in [1.29, 1.82) is 0 Å². The van der Waals surface area contributed by atoms with Gasteiger partial charge in [0.25, 0.3) is 0 Å². The molecular formula is C23H28N4O4. The van der Waals surface area contributed by atoms with Crippen molar-refractivity contribution in [3.05, 3.63) is 64.0 Å². The lowest BCUT2D eigenvalue weighted by Crippen LogP contribution is -2.44. The quantitative estimate of drug-likeness (QED) is 0.536. The van der Waals surface area contributed by atoms with Crippen LogP contribution in [0.3, 0.4) is 0 Å². The maximum Gasteiger partial charge on any atom is 0.411 e. The lowest BCUT2D eigenvalue weighted by Gasteiger charge is -2.38. The number of carbonyl (C=O) groups excluding carboxylic acids is 1. The Labute approximate surface area is 181 Å². The van der Waals surface area contributed by atoms with E-state index in [1.54, 1.807) is 6.07 Å². The molecule has 1 saturated heterocycles. The Morgan fingerprint density at radius 3 is 2.52 bits per heavy atom. The van der Waals surface area contributed by atoms with E-state index in [1.165, 1.54) is 6.20 Å². The Morgan fingerprint density at radius 1 is 1.19 bits per heavy atom. The molecule has 1 N–H and O–H groups in total. The molecule has 2 heterocycles. The lowest BCUT2D eigenvalue weighted by atomic mass is 9.86. The first-order valence-corrected chi connectivity index (χ1v) is 10.7. The molecule has 0 spiro atoms. The Bertz CT molecular complexity index is 971. The molecule has 1 aliphatic heterocycles. The van der Waals surface area contributed by atoms with Crippen LogP contribution in [0.2, 0.25) is 0 Å². The summed E-state index contributed by atoms with van der Waals surface area (Å²) in [5.41, 5.74) is 1.69. The smallest absolute Gasteiger partial charge is 0.411 e. The van der Waals surface area contributed by atoms with Gasteiger partial charge < -0.3 is 10.1 Å². The highest BCUT2D eigenvalue weighted by atomic mass is 16.6. The Morgan fingerprint density at radius 2 is 1.87 bits per heavy atom. The van der Waals surface area contributed by atoms with Gasteiger partial charge in [-0.15, -0.1) is 0 Å². The molecule has 0 bridgehead atoms. The molecule has 0 unspecified atom stereocenters. The number of aryl methyl sites for hydroxylation is 1. The molecule has 1 aromatic carbocycles. The van der Waals surface area contributed by atoms with E-state index in [4.69, 9.17) is 4.74 Å². The number of carbonyl (C=O) groups is 1. The van der Waals surface area contributed by atoms with Crippen LogP contribution in [-0.4, -0.2) is 38.6 Å². The average molecular weight is 425 g/mol. The van der Waals surface area contributed by atoms with E-state index in [2.05, 4.69) is 10.3 Å². The molecule has 1 aromatic heterocycles. The zero-order valence-electron chi connectivity index (χ0n) is 18.1. The fourth-order valence-electron chi connectivity index (χ4n) is 4.86. The zero-order valence-corrected chi connectivity index (χ0v) is 18.1. The predicted molar refractivity (Wildman–Crippen MR) is 117 cm³/mol. The highest BCUT2D eigenvalue weighted by molar-refractivity contribution is 5.72. The van der Waals surface area contributed by atoms with Crippen LogP contribution >= 0.6 is 0 Å². The second-order valence-electron chi connectivity index (χ2n) is 8.94. The zero-order chi connectivity index (χ0) is 22.2. The number of amides is 1. The minimum absolute atomic E-state index is 0.0123. The van der Waals surface area contributed by atoms with Crippen LogP contribution in [0, 0.1) is 17.0 Å². The summed E-state index contributed by atoms with van der Waals surface area (Å²) in [5, 5.41) is 14.7. The summed E-state index contributed by atoms with van der Waals surface area (Å²) in [7, 11) is 0. The van der Waals surface area contributed by atoms with Crippen LogP contribution in [0.15, 0.2) is 42.6 Å². The third kappa shape index (κ3) is 4.19. The number of nitro groups is 1. The number of hydrogen-bond donors (Lipinski definition) is 1. The number of ether oxygens (including phenoxy) is 1. The van der Waals surface area contributed by atoms with Crippen molar-refractivity contribution in [2.45, 2.75) is 70.2 Å². The van der Waals surface area contributed by atoms with Gasteiger partial charge in [0.05, 0.1) is 11.0 Å². The Balaban J connectivity index is 1.48. The van der Waals surface area contributed by atoms with Crippen LogP contribution in [-0.2, 0) is 4.74 Å². The number of benzene rings is 1. The first-order chi connectivity index (χ1) is 14.8. The van der Waals surface area contributed by atoms with Gasteiger partial charge in [0.15, 0.2) is 0 Å². The number of pyridine rings is 1. The van der Waals surface area contributed by atoms with Crippen molar-refractivity contribution in [3.8, 4) is 0 Å². The number of cyclic esters (lactones) is 1. The number of hydrogen-bond acceptors (Lipinski definition) is 6. The Hall–Kier alpha value is -3.16.